The van der Waals surface area contributed by atoms with Crippen molar-refractivity contribution in [3.05, 3.63) is 41.0 Å². The summed E-state index contributed by atoms with van der Waals surface area (Å²) in [5.74, 6) is 0.00477. The van der Waals surface area contributed by atoms with Crippen molar-refractivity contribution in [3.63, 3.8) is 0 Å². The summed E-state index contributed by atoms with van der Waals surface area (Å²) < 4.78 is 4.05. The molecule has 1 fully saturated rings. The monoisotopic (exact) mass is 286 g/mol. The molecule has 2 aromatic rings. The first-order chi connectivity index (χ1) is 10.1. The van der Waals surface area contributed by atoms with Gasteiger partial charge in [0.15, 0.2) is 0 Å². The van der Waals surface area contributed by atoms with Gasteiger partial charge >= 0.3 is 0 Å². The van der Waals surface area contributed by atoms with Crippen molar-refractivity contribution in [1.82, 2.24) is 19.7 Å². The second-order valence-electron chi connectivity index (χ2n) is 5.81. The van der Waals surface area contributed by atoms with E-state index in [-0.39, 0.29) is 5.91 Å². The van der Waals surface area contributed by atoms with Gasteiger partial charge in [-0.2, -0.15) is 5.10 Å². The molecule has 2 heterocycles. The van der Waals surface area contributed by atoms with Gasteiger partial charge < -0.3 is 9.88 Å². The summed E-state index contributed by atoms with van der Waals surface area (Å²) in [7, 11) is 0. The zero-order valence-corrected chi connectivity index (χ0v) is 12.9. The minimum atomic E-state index is 0.00477. The Morgan fingerprint density at radius 2 is 2.14 bits per heavy atom. The van der Waals surface area contributed by atoms with Gasteiger partial charge in [0.05, 0.1) is 12.2 Å². The van der Waals surface area contributed by atoms with E-state index in [2.05, 4.69) is 28.8 Å². The third-order valence-corrected chi connectivity index (χ3v) is 4.30. The molecular weight excluding hydrogens is 264 g/mol. The lowest BCUT2D eigenvalue weighted by atomic mass is 10.2. The van der Waals surface area contributed by atoms with Crippen LogP contribution < -0.4 is 5.32 Å². The van der Waals surface area contributed by atoms with Crippen LogP contribution in [0.1, 0.15) is 46.3 Å². The highest BCUT2D eigenvalue weighted by Gasteiger charge is 2.26. The molecule has 1 amide bonds. The summed E-state index contributed by atoms with van der Waals surface area (Å²) in [5.41, 5.74) is 4.22. The van der Waals surface area contributed by atoms with Gasteiger partial charge in [-0.3, -0.25) is 9.48 Å². The zero-order valence-electron chi connectivity index (χ0n) is 12.9. The predicted molar refractivity (Wildman–Crippen MR) is 81.5 cm³/mol. The number of nitrogens with zero attached hydrogens (tertiary/aromatic N) is 3. The lowest BCUT2D eigenvalue weighted by Gasteiger charge is -2.09. The second-order valence-corrected chi connectivity index (χ2v) is 5.81. The molecule has 5 heteroatoms. The molecule has 0 bridgehead atoms. The van der Waals surface area contributed by atoms with Crippen molar-refractivity contribution < 1.29 is 4.79 Å². The van der Waals surface area contributed by atoms with Crippen LogP contribution in [0.2, 0.25) is 0 Å². The fourth-order valence-corrected chi connectivity index (χ4v) is 2.63. The van der Waals surface area contributed by atoms with Gasteiger partial charge in [-0.25, -0.2) is 0 Å². The van der Waals surface area contributed by atoms with Gasteiger partial charge in [-0.15, -0.1) is 0 Å². The molecule has 0 aromatic carbocycles. The Balaban J connectivity index is 1.58. The standard InChI is InChI=1S/C16H22N4O/c1-11-12(2)18-20(13(11)3)10-8-17-16(21)15-5-4-9-19(15)14-6-7-14/h4-5,9,14H,6-8,10H2,1-3H3,(H,17,21). The number of aromatic nitrogens is 3. The van der Waals surface area contributed by atoms with Crippen molar-refractivity contribution in [2.24, 2.45) is 0 Å². The highest BCUT2D eigenvalue weighted by molar-refractivity contribution is 5.92. The molecule has 21 heavy (non-hydrogen) atoms. The number of aryl methyl sites for hydroxylation is 1. The molecule has 0 unspecified atom stereocenters. The number of carbonyl (C=O) groups excluding carboxylic acids is 1. The smallest absolute Gasteiger partial charge is 0.267 e. The Bertz CT molecular complexity index is 664. The number of carbonyl (C=O) groups is 1. The maximum atomic E-state index is 12.2. The van der Waals surface area contributed by atoms with Crippen LogP contribution in [0.15, 0.2) is 18.3 Å². The van der Waals surface area contributed by atoms with Crippen LogP contribution >= 0.6 is 0 Å². The van der Waals surface area contributed by atoms with Gasteiger partial charge in [0.25, 0.3) is 5.91 Å². The number of amides is 1. The molecule has 0 atom stereocenters. The normalized spacial score (nSPS) is 14.4. The highest BCUT2D eigenvalue weighted by atomic mass is 16.1. The molecule has 0 aliphatic heterocycles. The zero-order chi connectivity index (χ0) is 15.0. The quantitative estimate of drug-likeness (QED) is 0.917. The lowest BCUT2D eigenvalue weighted by Crippen LogP contribution is -2.29. The Labute approximate surface area is 125 Å². The van der Waals surface area contributed by atoms with Crippen molar-refractivity contribution in [2.45, 2.75) is 46.2 Å². The summed E-state index contributed by atoms with van der Waals surface area (Å²) in [4.78, 5) is 12.2. The highest BCUT2D eigenvalue weighted by Crippen LogP contribution is 2.35. The van der Waals surface area contributed by atoms with Crippen LogP contribution in [0.3, 0.4) is 0 Å². The van der Waals surface area contributed by atoms with Crippen LogP contribution in [-0.4, -0.2) is 26.8 Å². The minimum Gasteiger partial charge on any atom is -0.349 e. The molecule has 1 saturated carbocycles. The van der Waals surface area contributed by atoms with Crippen molar-refractivity contribution in [3.8, 4) is 0 Å². The number of nitrogens with one attached hydrogen (secondary N) is 1. The Kier molecular flexibility index (Phi) is 3.57. The maximum absolute atomic E-state index is 12.2. The SMILES string of the molecule is Cc1nn(CCNC(=O)c2cccn2C2CC2)c(C)c1C. The summed E-state index contributed by atoms with van der Waals surface area (Å²) >= 11 is 0. The molecule has 1 aliphatic rings. The van der Waals surface area contributed by atoms with Crippen molar-refractivity contribution >= 4 is 5.91 Å². The van der Waals surface area contributed by atoms with E-state index in [1.807, 2.05) is 29.9 Å². The van der Waals surface area contributed by atoms with E-state index in [0.717, 1.165) is 11.4 Å². The fraction of sp³-hybridized carbons (Fsp3) is 0.500. The van der Waals surface area contributed by atoms with E-state index in [0.29, 0.717) is 19.1 Å². The van der Waals surface area contributed by atoms with Crippen molar-refractivity contribution in [2.75, 3.05) is 6.54 Å². The molecule has 0 saturated heterocycles. The molecule has 5 nitrogen and oxygen atoms in total. The summed E-state index contributed by atoms with van der Waals surface area (Å²) in [6.07, 6.45) is 4.36. The maximum Gasteiger partial charge on any atom is 0.267 e. The first-order valence-electron chi connectivity index (χ1n) is 7.53. The fourth-order valence-electron chi connectivity index (χ4n) is 2.63. The molecule has 3 rings (SSSR count). The topological polar surface area (TPSA) is 51.9 Å². The average molecular weight is 286 g/mol. The van der Waals surface area contributed by atoms with Gasteiger partial charge in [-0.1, -0.05) is 0 Å². The first kappa shape index (κ1) is 13.9. The summed E-state index contributed by atoms with van der Waals surface area (Å²) in [5, 5.41) is 7.48. The minimum absolute atomic E-state index is 0.00477. The van der Waals surface area contributed by atoms with E-state index in [4.69, 9.17) is 0 Å². The Morgan fingerprint density at radius 3 is 2.76 bits per heavy atom. The number of rotatable bonds is 5. The third-order valence-electron chi connectivity index (χ3n) is 4.30. The largest absolute Gasteiger partial charge is 0.349 e. The molecule has 0 radical (unpaired) electrons. The average Bonchev–Trinajstić information content (AvgIpc) is 3.15. The molecule has 1 aliphatic carbocycles. The molecule has 2 aromatic heterocycles. The van der Waals surface area contributed by atoms with Crippen molar-refractivity contribution in [1.29, 1.82) is 0 Å². The molecule has 1 N–H and O–H groups in total. The van der Waals surface area contributed by atoms with E-state index in [9.17, 15) is 4.79 Å². The molecular formula is C16H22N4O. The Morgan fingerprint density at radius 1 is 1.38 bits per heavy atom. The Hall–Kier alpha value is -2.04. The van der Waals surface area contributed by atoms with Crippen LogP contribution in [0.25, 0.3) is 0 Å². The van der Waals surface area contributed by atoms with Gasteiger partial charge in [0.2, 0.25) is 0 Å². The number of hydrogen-bond acceptors (Lipinski definition) is 2. The van der Waals surface area contributed by atoms with Gasteiger partial charge in [0, 0.05) is 24.5 Å². The van der Waals surface area contributed by atoms with Gasteiger partial charge in [-0.05, 0) is 51.3 Å². The van der Waals surface area contributed by atoms with Crippen LogP contribution in [-0.2, 0) is 6.54 Å². The van der Waals surface area contributed by atoms with Crippen LogP contribution in [0.5, 0.6) is 0 Å². The van der Waals surface area contributed by atoms with Crippen LogP contribution in [0, 0.1) is 20.8 Å². The number of hydrogen-bond donors (Lipinski definition) is 1. The predicted octanol–water partition coefficient (Wildman–Crippen LogP) is 2.37. The van der Waals surface area contributed by atoms with E-state index < -0.39 is 0 Å². The third kappa shape index (κ3) is 2.73. The van der Waals surface area contributed by atoms with E-state index in [1.165, 1.54) is 24.1 Å². The first-order valence-corrected chi connectivity index (χ1v) is 7.53. The van der Waals surface area contributed by atoms with E-state index >= 15 is 0 Å². The van der Waals surface area contributed by atoms with Crippen LogP contribution in [0.4, 0.5) is 0 Å². The van der Waals surface area contributed by atoms with E-state index in [1.54, 1.807) is 0 Å². The summed E-state index contributed by atoms with van der Waals surface area (Å²) in [6, 6.07) is 4.36. The summed E-state index contributed by atoms with van der Waals surface area (Å²) in [6.45, 7) is 7.46. The molecule has 112 valence electrons. The second kappa shape index (κ2) is 5.39. The van der Waals surface area contributed by atoms with Gasteiger partial charge in [0.1, 0.15) is 5.69 Å². The molecule has 0 spiro atoms. The lowest BCUT2D eigenvalue weighted by molar-refractivity contribution is 0.0942.